The number of nitrogens with zero attached hydrogens (tertiary/aromatic N) is 1. The summed E-state index contributed by atoms with van der Waals surface area (Å²) in [6.45, 7) is 2.64. The average molecular weight is 340 g/mol. The van der Waals surface area contributed by atoms with Crippen molar-refractivity contribution >= 4 is 17.7 Å². The Morgan fingerprint density at radius 2 is 1.92 bits per heavy atom. The second kappa shape index (κ2) is 7.81. The van der Waals surface area contributed by atoms with Crippen molar-refractivity contribution in [3.8, 4) is 5.75 Å². The highest BCUT2D eigenvalue weighted by molar-refractivity contribution is 5.95. The molecular weight excluding hydrogens is 320 g/mol. The fraction of sp³-hybridized carbons (Fsp3) is 0.263. The number of nitrogens with one attached hydrogen (secondary N) is 1. The summed E-state index contributed by atoms with van der Waals surface area (Å²) >= 11 is 0. The van der Waals surface area contributed by atoms with E-state index in [0.717, 1.165) is 11.3 Å². The molecule has 0 radical (unpaired) electrons. The first kappa shape index (κ1) is 17.0. The number of anilines is 1. The summed E-state index contributed by atoms with van der Waals surface area (Å²) in [4.78, 5) is 25.6. The zero-order valence-electron chi connectivity index (χ0n) is 14.0. The van der Waals surface area contributed by atoms with Crippen molar-refractivity contribution in [3.05, 3.63) is 60.2 Å². The SMILES string of the molecule is Cc1ccc(N2CC(CNC(=O)Oc3ccccc3)OCC2=O)cc1. The topological polar surface area (TPSA) is 67.9 Å². The fourth-order valence-electron chi connectivity index (χ4n) is 2.55. The number of morpholine rings is 1. The lowest BCUT2D eigenvalue weighted by Gasteiger charge is -2.32. The molecule has 1 atom stereocenters. The van der Waals surface area contributed by atoms with Crippen molar-refractivity contribution in [1.82, 2.24) is 5.32 Å². The van der Waals surface area contributed by atoms with E-state index in [2.05, 4.69) is 5.32 Å². The van der Waals surface area contributed by atoms with Gasteiger partial charge < -0.3 is 19.7 Å². The summed E-state index contributed by atoms with van der Waals surface area (Å²) in [5, 5.41) is 2.67. The summed E-state index contributed by atoms with van der Waals surface area (Å²) in [6.07, 6.45) is -0.837. The average Bonchev–Trinajstić information content (AvgIpc) is 2.63. The lowest BCUT2D eigenvalue weighted by atomic mass is 10.2. The van der Waals surface area contributed by atoms with Gasteiger partial charge in [-0.25, -0.2) is 4.79 Å². The van der Waals surface area contributed by atoms with Gasteiger partial charge >= 0.3 is 6.09 Å². The molecule has 2 amide bonds. The van der Waals surface area contributed by atoms with Gasteiger partial charge in [0.1, 0.15) is 12.4 Å². The number of para-hydroxylation sites is 1. The number of aryl methyl sites for hydroxylation is 1. The van der Waals surface area contributed by atoms with Gasteiger partial charge in [0, 0.05) is 12.2 Å². The third-order valence-electron chi connectivity index (χ3n) is 3.90. The van der Waals surface area contributed by atoms with E-state index in [1.807, 2.05) is 37.3 Å². The maximum absolute atomic E-state index is 12.1. The van der Waals surface area contributed by atoms with Crippen LogP contribution in [0.25, 0.3) is 0 Å². The van der Waals surface area contributed by atoms with Gasteiger partial charge in [-0.1, -0.05) is 35.9 Å². The van der Waals surface area contributed by atoms with Crippen LogP contribution in [0, 0.1) is 6.92 Å². The molecule has 1 N–H and O–H groups in total. The highest BCUT2D eigenvalue weighted by Crippen LogP contribution is 2.19. The van der Waals surface area contributed by atoms with E-state index in [9.17, 15) is 9.59 Å². The van der Waals surface area contributed by atoms with E-state index in [0.29, 0.717) is 12.3 Å². The van der Waals surface area contributed by atoms with Gasteiger partial charge in [0.15, 0.2) is 0 Å². The second-order valence-electron chi connectivity index (χ2n) is 5.86. The van der Waals surface area contributed by atoms with Gasteiger partial charge in [-0.15, -0.1) is 0 Å². The van der Waals surface area contributed by atoms with Crippen LogP contribution >= 0.6 is 0 Å². The summed E-state index contributed by atoms with van der Waals surface area (Å²) in [5.74, 6) is 0.382. The van der Waals surface area contributed by atoms with Crippen molar-refractivity contribution < 1.29 is 19.1 Å². The molecular formula is C19H20N2O4. The molecule has 1 aliphatic rings. The molecule has 130 valence electrons. The third kappa shape index (κ3) is 4.58. The van der Waals surface area contributed by atoms with Gasteiger partial charge in [0.2, 0.25) is 0 Å². The number of amides is 2. The maximum Gasteiger partial charge on any atom is 0.412 e. The lowest BCUT2D eigenvalue weighted by Crippen LogP contribution is -2.51. The molecule has 0 aromatic heterocycles. The molecule has 1 aliphatic heterocycles. The molecule has 1 saturated heterocycles. The van der Waals surface area contributed by atoms with Gasteiger partial charge in [-0.2, -0.15) is 0 Å². The highest BCUT2D eigenvalue weighted by atomic mass is 16.6. The van der Waals surface area contributed by atoms with Crippen molar-refractivity contribution in [2.45, 2.75) is 13.0 Å². The minimum absolute atomic E-state index is 0.00600. The quantitative estimate of drug-likeness (QED) is 0.929. The van der Waals surface area contributed by atoms with E-state index >= 15 is 0 Å². The number of rotatable bonds is 4. The van der Waals surface area contributed by atoms with E-state index in [1.54, 1.807) is 29.2 Å². The Kier molecular flexibility index (Phi) is 5.30. The van der Waals surface area contributed by atoms with Crippen LogP contribution in [-0.4, -0.2) is 37.8 Å². The Hall–Kier alpha value is -2.86. The summed E-state index contributed by atoms with van der Waals surface area (Å²) in [6, 6.07) is 16.6. The predicted octanol–water partition coefficient (Wildman–Crippen LogP) is 2.52. The molecule has 1 heterocycles. The molecule has 0 aliphatic carbocycles. The molecule has 0 saturated carbocycles. The number of ether oxygens (including phenoxy) is 2. The first-order valence-corrected chi connectivity index (χ1v) is 8.11. The lowest BCUT2D eigenvalue weighted by molar-refractivity contribution is -0.129. The number of benzene rings is 2. The molecule has 0 bridgehead atoms. The molecule has 6 heteroatoms. The molecule has 3 rings (SSSR count). The van der Waals surface area contributed by atoms with Crippen LogP contribution in [0.2, 0.25) is 0 Å². The van der Waals surface area contributed by atoms with Crippen molar-refractivity contribution in [1.29, 1.82) is 0 Å². The smallest absolute Gasteiger partial charge is 0.410 e. The van der Waals surface area contributed by atoms with Crippen LogP contribution in [0.15, 0.2) is 54.6 Å². The minimum Gasteiger partial charge on any atom is -0.410 e. The molecule has 0 spiro atoms. The standard InChI is InChI=1S/C19H20N2O4/c1-14-7-9-15(10-8-14)21-12-17(24-13-18(21)22)11-20-19(23)25-16-5-3-2-4-6-16/h2-10,17H,11-13H2,1H3,(H,20,23). The number of carbonyl (C=O) groups is 2. The van der Waals surface area contributed by atoms with E-state index in [1.165, 1.54) is 0 Å². The Bertz CT molecular complexity index is 731. The first-order chi connectivity index (χ1) is 12.1. The van der Waals surface area contributed by atoms with E-state index < -0.39 is 6.09 Å². The first-order valence-electron chi connectivity index (χ1n) is 8.11. The number of hydrogen-bond donors (Lipinski definition) is 1. The van der Waals surface area contributed by atoms with Crippen LogP contribution in [0.1, 0.15) is 5.56 Å². The zero-order valence-corrected chi connectivity index (χ0v) is 14.0. The Morgan fingerprint density at radius 1 is 1.20 bits per heavy atom. The Balaban J connectivity index is 1.53. The van der Waals surface area contributed by atoms with Crippen molar-refractivity contribution in [2.75, 3.05) is 24.6 Å². The maximum atomic E-state index is 12.1. The van der Waals surface area contributed by atoms with Crippen LogP contribution in [-0.2, 0) is 9.53 Å². The van der Waals surface area contributed by atoms with Crippen molar-refractivity contribution in [3.63, 3.8) is 0 Å². The summed E-state index contributed by atoms with van der Waals surface area (Å²) < 4.78 is 10.7. The summed E-state index contributed by atoms with van der Waals surface area (Å²) in [5.41, 5.74) is 1.96. The van der Waals surface area contributed by atoms with Crippen molar-refractivity contribution in [2.24, 2.45) is 0 Å². The zero-order chi connectivity index (χ0) is 17.6. The van der Waals surface area contributed by atoms with Gasteiger partial charge in [0.05, 0.1) is 12.6 Å². The fourth-order valence-corrected chi connectivity index (χ4v) is 2.55. The minimum atomic E-state index is -0.548. The van der Waals surface area contributed by atoms with Crippen LogP contribution in [0.3, 0.4) is 0 Å². The van der Waals surface area contributed by atoms with Crippen LogP contribution in [0.5, 0.6) is 5.75 Å². The molecule has 2 aromatic carbocycles. The summed E-state index contributed by atoms with van der Waals surface area (Å²) in [7, 11) is 0. The normalized spacial score (nSPS) is 17.2. The monoisotopic (exact) mass is 340 g/mol. The largest absolute Gasteiger partial charge is 0.412 e. The molecule has 2 aromatic rings. The Labute approximate surface area is 146 Å². The van der Waals surface area contributed by atoms with Gasteiger partial charge in [-0.05, 0) is 31.2 Å². The molecule has 6 nitrogen and oxygen atoms in total. The number of carbonyl (C=O) groups excluding carboxylic acids is 2. The van der Waals surface area contributed by atoms with E-state index in [4.69, 9.17) is 9.47 Å². The highest BCUT2D eigenvalue weighted by Gasteiger charge is 2.27. The Morgan fingerprint density at radius 3 is 2.64 bits per heavy atom. The molecule has 25 heavy (non-hydrogen) atoms. The number of hydrogen-bond acceptors (Lipinski definition) is 4. The molecule has 1 fully saturated rings. The molecule has 1 unspecified atom stereocenters. The van der Waals surface area contributed by atoms with Crippen LogP contribution in [0.4, 0.5) is 10.5 Å². The van der Waals surface area contributed by atoms with Gasteiger partial charge in [0.25, 0.3) is 5.91 Å². The second-order valence-corrected chi connectivity index (χ2v) is 5.86. The van der Waals surface area contributed by atoms with Crippen LogP contribution < -0.4 is 15.0 Å². The predicted molar refractivity (Wildman–Crippen MR) is 93.7 cm³/mol. The van der Waals surface area contributed by atoms with E-state index in [-0.39, 0.29) is 25.2 Å². The van der Waals surface area contributed by atoms with Gasteiger partial charge in [-0.3, -0.25) is 4.79 Å². The third-order valence-corrected chi connectivity index (χ3v) is 3.90.